The van der Waals surface area contributed by atoms with E-state index in [-0.39, 0.29) is 24.0 Å². The number of rotatable bonds is 5. The molecule has 33 heavy (non-hydrogen) atoms. The maximum absolute atomic E-state index is 13.1. The third-order valence-corrected chi connectivity index (χ3v) is 7.84. The highest BCUT2D eigenvalue weighted by Crippen LogP contribution is 2.33. The van der Waals surface area contributed by atoms with Crippen molar-refractivity contribution >= 4 is 10.0 Å². The van der Waals surface area contributed by atoms with Crippen molar-refractivity contribution in [2.24, 2.45) is 0 Å². The number of nitrogens with zero attached hydrogens (tertiary/aromatic N) is 2. The van der Waals surface area contributed by atoms with E-state index in [1.54, 1.807) is 0 Å². The maximum Gasteiger partial charge on any atom is 0.416 e. The van der Waals surface area contributed by atoms with Gasteiger partial charge in [-0.3, -0.25) is 4.90 Å². The molecule has 3 aromatic rings. The second-order valence-electron chi connectivity index (χ2n) is 8.19. The maximum atomic E-state index is 13.1. The predicted molar refractivity (Wildman–Crippen MR) is 121 cm³/mol. The average Bonchev–Trinajstić information content (AvgIpc) is 2.81. The van der Waals surface area contributed by atoms with Crippen molar-refractivity contribution in [1.82, 2.24) is 9.21 Å². The summed E-state index contributed by atoms with van der Waals surface area (Å²) >= 11 is 0. The van der Waals surface area contributed by atoms with Gasteiger partial charge >= 0.3 is 6.18 Å². The molecule has 1 unspecified atom stereocenters. The van der Waals surface area contributed by atoms with Crippen LogP contribution < -0.4 is 0 Å². The Kier molecular flexibility index (Phi) is 6.61. The van der Waals surface area contributed by atoms with Crippen molar-refractivity contribution in [2.75, 3.05) is 26.2 Å². The lowest BCUT2D eigenvalue weighted by Crippen LogP contribution is -2.49. The van der Waals surface area contributed by atoms with Crippen molar-refractivity contribution in [2.45, 2.75) is 24.0 Å². The molecule has 1 atom stereocenters. The largest absolute Gasteiger partial charge is 0.416 e. The molecule has 8 heteroatoms. The normalized spacial score (nSPS) is 17.1. The van der Waals surface area contributed by atoms with Crippen molar-refractivity contribution in [3.05, 3.63) is 101 Å². The molecule has 0 aromatic heterocycles. The van der Waals surface area contributed by atoms with Crippen LogP contribution in [-0.2, 0) is 16.2 Å². The van der Waals surface area contributed by atoms with E-state index in [4.69, 9.17) is 0 Å². The Morgan fingerprint density at radius 2 is 1.39 bits per heavy atom. The van der Waals surface area contributed by atoms with E-state index in [1.807, 2.05) is 25.1 Å². The standard InChI is InChI=1S/C25H25F3N2O2S/c1-19-10-12-21(13-11-19)24(20-6-3-2-4-7-20)29-14-16-30(17-15-29)33(31,32)23-9-5-8-22(18-23)25(26,27)28/h2-13,18,24H,14-17H2,1H3. The topological polar surface area (TPSA) is 40.6 Å². The monoisotopic (exact) mass is 474 g/mol. The number of benzene rings is 3. The third kappa shape index (κ3) is 5.13. The molecule has 0 saturated carbocycles. The molecule has 1 aliphatic rings. The van der Waals surface area contributed by atoms with Crippen LogP contribution in [0.1, 0.15) is 28.3 Å². The zero-order chi connectivity index (χ0) is 23.6. The smallest absolute Gasteiger partial charge is 0.290 e. The molecule has 3 aromatic carbocycles. The Bertz CT molecular complexity index is 1190. The fourth-order valence-electron chi connectivity index (χ4n) is 4.18. The third-order valence-electron chi connectivity index (χ3n) is 5.95. The number of sulfonamides is 1. The Labute approximate surface area is 192 Å². The summed E-state index contributed by atoms with van der Waals surface area (Å²) in [4.78, 5) is 1.89. The van der Waals surface area contributed by atoms with Gasteiger partial charge in [-0.15, -0.1) is 0 Å². The van der Waals surface area contributed by atoms with Crippen molar-refractivity contribution in [3.8, 4) is 0 Å². The minimum absolute atomic E-state index is 0.0368. The minimum Gasteiger partial charge on any atom is -0.290 e. The Hall–Kier alpha value is -2.68. The van der Waals surface area contributed by atoms with E-state index in [9.17, 15) is 21.6 Å². The Morgan fingerprint density at radius 1 is 0.788 bits per heavy atom. The molecule has 4 rings (SSSR count). The van der Waals surface area contributed by atoms with Gasteiger partial charge in [-0.25, -0.2) is 8.42 Å². The number of hydrogen-bond donors (Lipinski definition) is 0. The molecule has 0 aliphatic carbocycles. The number of piperazine rings is 1. The van der Waals surface area contributed by atoms with E-state index in [0.29, 0.717) is 19.2 Å². The van der Waals surface area contributed by atoms with Crippen LogP contribution in [0, 0.1) is 6.92 Å². The first kappa shape index (κ1) is 23.5. The first-order valence-corrected chi connectivity index (χ1v) is 12.1. The Morgan fingerprint density at radius 3 is 2.00 bits per heavy atom. The highest BCUT2D eigenvalue weighted by atomic mass is 32.2. The molecular weight excluding hydrogens is 449 g/mol. The van der Waals surface area contributed by atoms with Crippen molar-refractivity contribution < 1.29 is 21.6 Å². The quantitative estimate of drug-likeness (QED) is 0.516. The van der Waals surface area contributed by atoms with E-state index in [0.717, 1.165) is 28.8 Å². The summed E-state index contributed by atoms with van der Waals surface area (Å²) in [7, 11) is -4.02. The van der Waals surface area contributed by atoms with Gasteiger partial charge in [-0.1, -0.05) is 66.2 Å². The molecule has 174 valence electrons. The minimum atomic E-state index is -4.60. The van der Waals surface area contributed by atoms with Crippen LogP contribution >= 0.6 is 0 Å². The van der Waals surface area contributed by atoms with Crippen LogP contribution in [0.15, 0.2) is 83.8 Å². The fraction of sp³-hybridized carbons (Fsp3) is 0.280. The lowest BCUT2D eigenvalue weighted by molar-refractivity contribution is -0.137. The van der Waals surface area contributed by atoms with Gasteiger partial charge in [0.2, 0.25) is 10.0 Å². The first-order chi connectivity index (χ1) is 15.7. The van der Waals surface area contributed by atoms with Gasteiger partial charge < -0.3 is 0 Å². The molecule has 0 N–H and O–H groups in total. The SMILES string of the molecule is Cc1ccc(C(c2ccccc2)N2CCN(S(=O)(=O)c3cccc(C(F)(F)F)c3)CC2)cc1. The summed E-state index contributed by atoms with van der Waals surface area (Å²) in [5.41, 5.74) is 2.41. The number of halogens is 3. The summed E-state index contributed by atoms with van der Waals surface area (Å²) in [6, 6.07) is 22.2. The molecule has 1 saturated heterocycles. The summed E-state index contributed by atoms with van der Waals surface area (Å²) < 4.78 is 66.6. The molecule has 0 spiro atoms. The van der Waals surface area contributed by atoms with Crippen LogP contribution in [0.4, 0.5) is 13.2 Å². The molecular formula is C25H25F3N2O2S. The van der Waals surface area contributed by atoms with Crippen LogP contribution in [0.3, 0.4) is 0 Å². The molecule has 0 radical (unpaired) electrons. The lowest BCUT2D eigenvalue weighted by atomic mass is 9.96. The van der Waals surface area contributed by atoms with E-state index in [2.05, 4.69) is 41.3 Å². The van der Waals surface area contributed by atoms with E-state index >= 15 is 0 Å². The highest BCUT2D eigenvalue weighted by molar-refractivity contribution is 7.89. The first-order valence-electron chi connectivity index (χ1n) is 10.7. The number of alkyl halides is 3. The predicted octanol–water partition coefficient (Wildman–Crippen LogP) is 5.11. The van der Waals surface area contributed by atoms with Gasteiger partial charge in [0.1, 0.15) is 0 Å². The van der Waals surface area contributed by atoms with Crippen molar-refractivity contribution in [3.63, 3.8) is 0 Å². The molecule has 1 heterocycles. The van der Waals surface area contributed by atoms with E-state index < -0.39 is 21.8 Å². The van der Waals surface area contributed by atoms with Crippen LogP contribution in [0.2, 0.25) is 0 Å². The van der Waals surface area contributed by atoms with Crippen LogP contribution in [0.25, 0.3) is 0 Å². The summed E-state index contributed by atoms with van der Waals surface area (Å²) in [6.07, 6.45) is -4.60. The fourth-order valence-corrected chi connectivity index (χ4v) is 5.65. The average molecular weight is 475 g/mol. The van der Waals surface area contributed by atoms with Crippen LogP contribution in [-0.4, -0.2) is 43.8 Å². The summed E-state index contributed by atoms with van der Waals surface area (Å²) in [5.74, 6) is 0. The molecule has 1 fully saturated rings. The highest BCUT2D eigenvalue weighted by Gasteiger charge is 2.35. The zero-order valence-corrected chi connectivity index (χ0v) is 19.0. The van der Waals surface area contributed by atoms with Crippen LogP contribution in [0.5, 0.6) is 0 Å². The molecule has 1 aliphatic heterocycles. The number of hydrogen-bond acceptors (Lipinski definition) is 3. The van der Waals surface area contributed by atoms with Gasteiger partial charge in [-0.05, 0) is 36.2 Å². The van der Waals surface area contributed by atoms with Gasteiger partial charge in [-0.2, -0.15) is 17.5 Å². The Balaban J connectivity index is 1.56. The summed E-state index contributed by atoms with van der Waals surface area (Å²) in [5, 5.41) is 0. The second kappa shape index (κ2) is 9.29. The summed E-state index contributed by atoms with van der Waals surface area (Å²) in [6.45, 7) is 3.36. The molecule has 0 amide bonds. The van der Waals surface area contributed by atoms with Gasteiger partial charge in [0.25, 0.3) is 0 Å². The van der Waals surface area contributed by atoms with Crippen molar-refractivity contribution in [1.29, 1.82) is 0 Å². The van der Waals surface area contributed by atoms with Gasteiger partial charge in [0.15, 0.2) is 0 Å². The van der Waals surface area contributed by atoms with E-state index in [1.165, 1.54) is 10.4 Å². The molecule has 4 nitrogen and oxygen atoms in total. The second-order valence-corrected chi connectivity index (χ2v) is 10.1. The molecule has 0 bridgehead atoms. The van der Waals surface area contributed by atoms with Gasteiger partial charge in [0.05, 0.1) is 16.5 Å². The van der Waals surface area contributed by atoms with Gasteiger partial charge in [0, 0.05) is 26.2 Å². The lowest BCUT2D eigenvalue weighted by Gasteiger charge is -2.39. The zero-order valence-electron chi connectivity index (χ0n) is 18.2. The number of aryl methyl sites for hydroxylation is 1.